The molecule has 0 spiro atoms. The van der Waals surface area contributed by atoms with Crippen molar-refractivity contribution >= 4 is 65.8 Å². The molecule has 4 heteroatoms. The molecule has 0 bridgehead atoms. The van der Waals surface area contributed by atoms with E-state index in [0.717, 1.165) is 4.44 Å². The number of hydrogen-bond acceptors (Lipinski definition) is 0. The van der Waals surface area contributed by atoms with Gasteiger partial charge in [-0.2, -0.15) is 0 Å². The minimum absolute atomic E-state index is 1.13. The van der Waals surface area contributed by atoms with E-state index in [2.05, 4.69) is 97.9 Å². The first-order valence-corrected chi connectivity index (χ1v) is 22.4. The van der Waals surface area contributed by atoms with Gasteiger partial charge in [-0.05, 0) is 0 Å². The Balaban J connectivity index is 0.000000298. The Bertz CT molecular complexity index is 625. The van der Waals surface area contributed by atoms with Gasteiger partial charge in [0.25, 0.3) is 0 Å². The van der Waals surface area contributed by atoms with Crippen molar-refractivity contribution in [3.63, 3.8) is 0 Å². The van der Waals surface area contributed by atoms with Gasteiger partial charge in [0, 0.05) is 0 Å². The van der Waals surface area contributed by atoms with Crippen molar-refractivity contribution in [3.05, 3.63) is 91.0 Å². The second kappa shape index (κ2) is 13.1. The molecule has 2 radical (unpaired) electrons. The van der Waals surface area contributed by atoms with Crippen LogP contribution in [0.2, 0.25) is 4.44 Å². The summed E-state index contributed by atoms with van der Waals surface area (Å²) in [6, 6.07) is 32.9. The molecule has 134 valence electrons. The third-order valence-electron chi connectivity index (χ3n) is 3.91. The standard InChI is InChI=1S/3C6H5.C4H9.2ClH.2Sn/c3*1-2-4-6-5-3-1;1-3-4-2;;;;/h3*1-5H;1,3-4H2,2H3;2*1H;;/q;;;;;;;+2/p-2. The van der Waals surface area contributed by atoms with Crippen molar-refractivity contribution in [1.29, 1.82) is 0 Å². The number of benzene rings is 3. The SMILES string of the molecule is CCC[CH2][Sn]([Cl])[Cl].c1cc[c]([Sn]([c]2ccccc2)[c]2ccccc2)cc1. The van der Waals surface area contributed by atoms with Crippen LogP contribution in [0.3, 0.4) is 0 Å². The van der Waals surface area contributed by atoms with Crippen LogP contribution in [-0.2, 0) is 0 Å². The number of rotatable bonds is 6. The summed E-state index contributed by atoms with van der Waals surface area (Å²) in [5, 5.41) is 0. The van der Waals surface area contributed by atoms with E-state index in [1.807, 2.05) is 0 Å². The molecule has 0 atom stereocenters. The molecule has 0 nitrogen and oxygen atoms in total. The summed E-state index contributed by atoms with van der Waals surface area (Å²) >= 11 is -3.68. The van der Waals surface area contributed by atoms with Crippen molar-refractivity contribution in [1.82, 2.24) is 0 Å². The van der Waals surface area contributed by atoms with Gasteiger partial charge in [0.1, 0.15) is 0 Å². The first-order chi connectivity index (χ1) is 12.7. The molecule has 0 aliphatic rings. The average molecular weight is 597 g/mol. The quantitative estimate of drug-likeness (QED) is 0.353. The Morgan fingerprint density at radius 2 is 0.962 bits per heavy atom. The summed E-state index contributed by atoms with van der Waals surface area (Å²) < 4.78 is 5.72. The van der Waals surface area contributed by atoms with E-state index in [1.54, 1.807) is 0 Å². The van der Waals surface area contributed by atoms with Crippen molar-refractivity contribution in [2.45, 2.75) is 24.2 Å². The van der Waals surface area contributed by atoms with Crippen LogP contribution in [0, 0.1) is 0 Å². The Hall–Kier alpha value is -0.163. The molecule has 0 fully saturated rings. The predicted octanol–water partition coefficient (Wildman–Crippen LogP) is 4.96. The summed E-state index contributed by atoms with van der Waals surface area (Å²) in [6.07, 6.45) is 2.45. The van der Waals surface area contributed by atoms with Gasteiger partial charge in [0.05, 0.1) is 0 Å². The predicted molar refractivity (Wildman–Crippen MR) is 121 cm³/mol. The second-order valence-electron chi connectivity index (χ2n) is 5.92. The van der Waals surface area contributed by atoms with Crippen LogP contribution in [0.5, 0.6) is 0 Å². The van der Waals surface area contributed by atoms with Gasteiger partial charge in [-0.15, -0.1) is 0 Å². The van der Waals surface area contributed by atoms with Crippen molar-refractivity contribution < 1.29 is 0 Å². The van der Waals surface area contributed by atoms with Crippen LogP contribution in [0.4, 0.5) is 0 Å². The van der Waals surface area contributed by atoms with Crippen LogP contribution in [0.25, 0.3) is 0 Å². The van der Waals surface area contributed by atoms with E-state index in [0.29, 0.717) is 0 Å². The zero-order valence-corrected chi connectivity index (χ0v) is 22.3. The fraction of sp³-hybridized carbons (Fsp3) is 0.182. The maximum atomic E-state index is 5.62. The molecule has 0 unspecified atom stereocenters. The van der Waals surface area contributed by atoms with E-state index in [9.17, 15) is 0 Å². The van der Waals surface area contributed by atoms with Crippen LogP contribution in [0.1, 0.15) is 19.8 Å². The molecule has 0 aliphatic carbocycles. The average Bonchev–Trinajstić information content (AvgIpc) is 2.70. The summed E-state index contributed by atoms with van der Waals surface area (Å²) in [4.78, 5) is 0. The first-order valence-electron chi connectivity index (χ1n) is 8.92. The number of unbranched alkanes of at least 4 members (excludes halogenated alkanes) is 1. The van der Waals surface area contributed by atoms with Crippen LogP contribution in [0.15, 0.2) is 91.0 Å². The topological polar surface area (TPSA) is 0 Å². The van der Waals surface area contributed by atoms with Gasteiger partial charge in [-0.3, -0.25) is 0 Å². The van der Waals surface area contributed by atoms with Crippen LogP contribution in [-0.4, -0.2) is 37.3 Å². The molecule has 26 heavy (non-hydrogen) atoms. The number of halogens is 2. The molecule has 0 saturated heterocycles. The third-order valence-corrected chi connectivity index (χ3v) is 16.3. The Morgan fingerprint density at radius 1 is 0.615 bits per heavy atom. The van der Waals surface area contributed by atoms with Gasteiger partial charge < -0.3 is 0 Å². The Morgan fingerprint density at radius 3 is 1.19 bits per heavy atom. The van der Waals surface area contributed by atoms with Gasteiger partial charge in [-0.25, -0.2) is 0 Å². The number of hydrogen-bond donors (Lipinski definition) is 0. The molecule has 3 aromatic carbocycles. The van der Waals surface area contributed by atoms with Gasteiger partial charge in [0.15, 0.2) is 0 Å². The normalized spacial score (nSPS) is 10.5. The maximum absolute atomic E-state index is 5.62. The van der Waals surface area contributed by atoms with Gasteiger partial charge in [-0.1, -0.05) is 0 Å². The van der Waals surface area contributed by atoms with Crippen LogP contribution >= 0.6 is 17.8 Å². The second-order valence-corrected chi connectivity index (χ2v) is 23.8. The first kappa shape index (κ1) is 22.1. The van der Waals surface area contributed by atoms with Gasteiger partial charge in [0.2, 0.25) is 0 Å². The van der Waals surface area contributed by atoms with E-state index in [1.165, 1.54) is 23.6 Å². The monoisotopic (exact) mass is 598 g/mol. The molecule has 0 N–H and O–H groups in total. The summed E-state index contributed by atoms with van der Waals surface area (Å²) in [6.45, 7) is 2.15. The third kappa shape index (κ3) is 7.83. The fourth-order valence-electron chi connectivity index (χ4n) is 2.62. The summed E-state index contributed by atoms with van der Waals surface area (Å²) in [5.41, 5.74) is 0. The molecule has 3 aromatic rings. The van der Waals surface area contributed by atoms with Crippen molar-refractivity contribution in [2.24, 2.45) is 0 Å². The Kier molecular flexibility index (Phi) is 11.1. The fourth-order valence-corrected chi connectivity index (χ4v) is 13.5. The molecule has 0 amide bonds. The molecule has 0 aliphatic heterocycles. The summed E-state index contributed by atoms with van der Waals surface area (Å²) in [5.74, 6) is 0. The van der Waals surface area contributed by atoms with E-state index < -0.39 is 37.3 Å². The molecule has 0 aromatic heterocycles. The molecular weight excluding hydrogens is 573 g/mol. The van der Waals surface area contributed by atoms with Crippen molar-refractivity contribution in [2.75, 3.05) is 0 Å². The zero-order valence-electron chi connectivity index (χ0n) is 15.0. The Labute approximate surface area is 179 Å². The molecule has 3 rings (SSSR count). The summed E-state index contributed by atoms with van der Waals surface area (Å²) in [7, 11) is 11.2. The minimum atomic E-state index is -1.98. The van der Waals surface area contributed by atoms with Crippen LogP contribution < -0.4 is 10.7 Å². The molecule has 0 heterocycles. The van der Waals surface area contributed by atoms with E-state index >= 15 is 0 Å². The molecule has 0 saturated carbocycles. The van der Waals surface area contributed by atoms with E-state index in [-0.39, 0.29) is 0 Å². The van der Waals surface area contributed by atoms with Gasteiger partial charge >= 0.3 is 181 Å². The van der Waals surface area contributed by atoms with E-state index in [4.69, 9.17) is 17.8 Å². The molecular formula is C22H24Cl2Sn2. The zero-order chi connectivity index (χ0) is 18.6. The van der Waals surface area contributed by atoms with Crippen molar-refractivity contribution in [3.8, 4) is 0 Å².